The van der Waals surface area contributed by atoms with Crippen LogP contribution in [0.3, 0.4) is 0 Å². The summed E-state index contributed by atoms with van der Waals surface area (Å²) in [6.07, 6.45) is 6.98. The molecule has 3 aromatic rings. The fraction of sp³-hybridized carbons (Fsp3) is 0.389. The number of nitrogens with one attached hydrogen (secondary N) is 1. The molecule has 1 amide bonds. The van der Waals surface area contributed by atoms with Crippen LogP contribution in [0, 0.1) is 5.92 Å². The van der Waals surface area contributed by atoms with E-state index < -0.39 is 11.5 Å². The monoisotopic (exact) mass is 384 g/mol. The van der Waals surface area contributed by atoms with Crippen molar-refractivity contribution < 1.29 is 4.79 Å². The standard InChI is InChI=1S/C18H20N6O2S/c1-12-4-3-7-23(11-12)18-22-24-16(26)14(10-21-17(24)27-18)15(25)20-9-13-5-2-6-19-8-13/h2,5-6,8,10,12H,3-4,7,9,11H2,1H3,(H,20,25)/t12-/m0/s1. The molecule has 9 heteroatoms. The molecule has 1 fully saturated rings. The van der Waals surface area contributed by atoms with Crippen LogP contribution in [0.15, 0.2) is 35.5 Å². The van der Waals surface area contributed by atoms with Crippen LogP contribution in [-0.2, 0) is 6.54 Å². The van der Waals surface area contributed by atoms with Gasteiger partial charge in [-0.15, -0.1) is 5.10 Å². The lowest BCUT2D eigenvalue weighted by Gasteiger charge is -2.30. The van der Waals surface area contributed by atoms with Crippen LogP contribution in [-0.4, -0.2) is 38.6 Å². The SMILES string of the molecule is C[C@H]1CCCN(c2nn3c(=O)c(C(=O)NCc4cccnc4)cnc3s2)C1. The smallest absolute Gasteiger partial charge is 0.288 e. The maximum Gasteiger partial charge on any atom is 0.288 e. The van der Waals surface area contributed by atoms with E-state index in [4.69, 9.17) is 0 Å². The zero-order chi connectivity index (χ0) is 18.8. The van der Waals surface area contributed by atoms with E-state index in [1.54, 1.807) is 18.5 Å². The summed E-state index contributed by atoms with van der Waals surface area (Å²) in [6.45, 7) is 4.36. The second-order valence-corrected chi connectivity index (χ2v) is 7.73. The Bertz CT molecular complexity index is 1020. The van der Waals surface area contributed by atoms with Crippen molar-refractivity contribution in [2.45, 2.75) is 26.3 Å². The summed E-state index contributed by atoms with van der Waals surface area (Å²) in [5.41, 5.74) is 0.395. The van der Waals surface area contributed by atoms with E-state index in [2.05, 4.69) is 32.2 Å². The summed E-state index contributed by atoms with van der Waals surface area (Å²) in [5.74, 6) is 0.135. The van der Waals surface area contributed by atoms with E-state index in [0.717, 1.165) is 30.2 Å². The Labute approximate surface area is 159 Å². The van der Waals surface area contributed by atoms with Gasteiger partial charge in [-0.05, 0) is 30.4 Å². The van der Waals surface area contributed by atoms with Crippen LogP contribution in [0.5, 0.6) is 0 Å². The van der Waals surface area contributed by atoms with Gasteiger partial charge in [0.15, 0.2) is 0 Å². The van der Waals surface area contributed by atoms with Gasteiger partial charge in [-0.2, -0.15) is 4.52 Å². The molecule has 27 heavy (non-hydrogen) atoms. The molecule has 0 unspecified atom stereocenters. The first-order valence-electron chi connectivity index (χ1n) is 8.93. The molecular weight excluding hydrogens is 364 g/mol. The van der Waals surface area contributed by atoms with Gasteiger partial charge in [-0.25, -0.2) is 4.98 Å². The highest BCUT2D eigenvalue weighted by Crippen LogP contribution is 2.26. The number of hydrogen-bond donors (Lipinski definition) is 1. The number of fused-ring (bicyclic) bond motifs is 1. The summed E-state index contributed by atoms with van der Waals surface area (Å²) in [6, 6.07) is 3.65. The Morgan fingerprint density at radius 2 is 2.30 bits per heavy atom. The molecular formula is C18H20N6O2S. The number of amides is 1. The number of nitrogens with zero attached hydrogens (tertiary/aromatic N) is 5. The Hall–Kier alpha value is -2.81. The minimum atomic E-state index is -0.466. The van der Waals surface area contributed by atoms with Gasteiger partial charge < -0.3 is 10.2 Å². The predicted molar refractivity (Wildman–Crippen MR) is 103 cm³/mol. The van der Waals surface area contributed by atoms with Gasteiger partial charge in [-0.3, -0.25) is 14.6 Å². The number of hydrogen-bond acceptors (Lipinski definition) is 7. The number of rotatable bonds is 4. The van der Waals surface area contributed by atoms with Crippen molar-refractivity contribution in [3.05, 3.63) is 52.2 Å². The van der Waals surface area contributed by atoms with Gasteiger partial charge in [0.1, 0.15) is 5.56 Å². The van der Waals surface area contributed by atoms with Gasteiger partial charge in [-0.1, -0.05) is 24.3 Å². The molecule has 0 aliphatic carbocycles. The zero-order valence-corrected chi connectivity index (χ0v) is 15.8. The van der Waals surface area contributed by atoms with E-state index in [9.17, 15) is 9.59 Å². The van der Waals surface area contributed by atoms with Crippen LogP contribution < -0.4 is 15.8 Å². The number of anilines is 1. The second kappa shape index (κ2) is 7.43. The molecule has 0 spiro atoms. The van der Waals surface area contributed by atoms with E-state index >= 15 is 0 Å². The summed E-state index contributed by atoms with van der Waals surface area (Å²) >= 11 is 1.38. The van der Waals surface area contributed by atoms with Gasteiger partial charge in [0, 0.05) is 38.2 Å². The van der Waals surface area contributed by atoms with E-state index in [1.165, 1.54) is 28.5 Å². The fourth-order valence-electron chi connectivity index (χ4n) is 3.20. The minimum absolute atomic E-state index is 0.0137. The van der Waals surface area contributed by atoms with Gasteiger partial charge in [0.25, 0.3) is 11.5 Å². The number of aromatic nitrogens is 4. The summed E-state index contributed by atoms with van der Waals surface area (Å²) < 4.78 is 1.23. The quantitative estimate of drug-likeness (QED) is 0.736. The molecule has 1 aliphatic rings. The molecule has 1 atom stereocenters. The van der Waals surface area contributed by atoms with Gasteiger partial charge >= 0.3 is 0 Å². The number of carbonyl (C=O) groups is 1. The van der Waals surface area contributed by atoms with Crippen LogP contribution in [0.1, 0.15) is 35.7 Å². The first kappa shape index (κ1) is 17.6. The number of carbonyl (C=O) groups excluding carboxylic acids is 1. The molecule has 8 nitrogen and oxygen atoms in total. The Balaban J connectivity index is 1.56. The van der Waals surface area contributed by atoms with Crippen LogP contribution in [0.25, 0.3) is 4.96 Å². The van der Waals surface area contributed by atoms with Crippen LogP contribution >= 0.6 is 11.3 Å². The van der Waals surface area contributed by atoms with E-state index in [-0.39, 0.29) is 5.56 Å². The maximum atomic E-state index is 12.7. The number of piperidine rings is 1. The number of pyridine rings is 1. The molecule has 4 heterocycles. The molecule has 0 saturated carbocycles. The van der Waals surface area contributed by atoms with Gasteiger partial charge in [0.05, 0.1) is 0 Å². The Morgan fingerprint density at radius 1 is 1.41 bits per heavy atom. The van der Waals surface area contributed by atoms with Crippen molar-refractivity contribution in [1.29, 1.82) is 0 Å². The topological polar surface area (TPSA) is 92.5 Å². The molecule has 3 aromatic heterocycles. The second-order valence-electron chi connectivity index (χ2n) is 6.79. The molecule has 1 N–H and O–H groups in total. The molecule has 140 valence electrons. The highest BCUT2D eigenvalue weighted by atomic mass is 32.1. The molecule has 1 saturated heterocycles. The Morgan fingerprint density at radius 3 is 3.07 bits per heavy atom. The largest absolute Gasteiger partial charge is 0.348 e. The highest BCUT2D eigenvalue weighted by molar-refractivity contribution is 7.20. The van der Waals surface area contributed by atoms with Crippen molar-refractivity contribution in [3.63, 3.8) is 0 Å². The zero-order valence-electron chi connectivity index (χ0n) is 15.0. The third kappa shape index (κ3) is 3.68. The summed E-state index contributed by atoms with van der Waals surface area (Å²) in [7, 11) is 0. The highest BCUT2D eigenvalue weighted by Gasteiger charge is 2.22. The van der Waals surface area contributed by atoms with Gasteiger partial charge in [0.2, 0.25) is 10.1 Å². The molecule has 1 aliphatic heterocycles. The van der Waals surface area contributed by atoms with Crippen molar-refractivity contribution in [1.82, 2.24) is 24.9 Å². The lowest BCUT2D eigenvalue weighted by molar-refractivity contribution is 0.0948. The molecule has 4 rings (SSSR count). The van der Waals surface area contributed by atoms with E-state index in [1.807, 2.05) is 6.07 Å². The Kier molecular flexibility index (Phi) is 4.85. The molecule has 0 bridgehead atoms. The molecule has 0 radical (unpaired) electrons. The lowest BCUT2D eigenvalue weighted by atomic mass is 10.0. The van der Waals surface area contributed by atoms with Crippen LogP contribution in [0.4, 0.5) is 5.13 Å². The third-order valence-corrected chi connectivity index (χ3v) is 5.61. The first-order chi connectivity index (χ1) is 13.1. The van der Waals surface area contributed by atoms with Crippen molar-refractivity contribution in [3.8, 4) is 0 Å². The van der Waals surface area contributed by atoms with E-state index in [0.29, 0.717) is 17.4 Å². The molecule has 0 aromatic carbocycles. The fourth-order valence-corrected chi connectivity index (χ4v) is 4.10. The summed E-state index contributed by atoms with van der Waals surface area (Å²) in [4.78, 5) is 36.1. The van der Waals surface area contributed by atoms with Crippen molar-refractivity contribution in [2.75, 3.05) is 18.0 Å². The maximum absolute atomic E-state index is 12.7. The third-order valence-electron chi connectivity index (χ3n) is 4.62. The average molecular weight is 384 g/mol. The predicted octanol–water partition coefficient (Wildman–Crippen LogP) is 1.71. The van der Waals surface area contributed by atoms with Crippen LogP contribution in [0.2, 0.25) is 0 Å². The minimum Gasteiger partial charge on any atom is -0.348 e. The first-order valence-corrected chi connectivity index (χ1v) is 9.74. The van der Waals surface area contributed by atoms with Crippen molar-refractivity contribution >= 4 is 27.3 Å². The summed E-state index contributed by atoms with van der Waals surface area (Å²) in [5, 5.41) is 7.93. The lowest BCUT2D eigenvalue weighted by Crippen LogP contribution is -2.34. The average Bonchev–Trinajstić information content (AvgIpc) is 3.13. The normalized spacial score (nSPS) is 17.2. The van der Waals surface area contributed by atoms with Crippen molar-refractivity contribution in [2.24, 2.45) is 5.92 Å².